The molecule has 1 aromatic rings. The maximum atomic E-state index is 10.6. The Hall–Kier alpha value is -0.760. The minimum Gasteiger partial charge on any atom is -0.298 e. The molecule has 0 spiro atoms. The lowest BCUT2D eigenvalue weighted by Crippen LogP contribution is -2.12. The van der Waals surface area contributed by atoms with E-state index in [1.54, 1.807) is 0 Å². The van der Waals surface area contributed by atoms with Gasteiger partial charge in [-0.3, -0.25) is 4.79 Å². The molecule has 17 heavy (non-hydrogen) atoms. The molecule has 0 heterocycles. The zero-order valence-corrected chi connectivity index (χ0v) is 10.8. The average Bonchev–Trinajstić information content (AvgIpc) is 2.99. The van der Waals surface area contributed by atoms with Gasteiger partial charge >= 0.3 is 0 Å². The molecular weight excluding hydrogens is 228 g/mol. The van der Waals surface area contributed by atoms with Crippen LogP contribution in [-0.4, -0.2) is 12.0 Å². The molecule has 3 atom stereocenters. The first kappa shape index (κ1) is 11.3. The zero-order valence-electron chi connectivity index (χ0n) is 9.97. The SMILES string of the molecule is O=Cc1ccc(SCC2CC3CCC2C3)cc1. The molecule has 0 aromatic heterocycles. The van der Waals surface area contributed by atoms with E-state index in [2.05, 4.69) is 12.1 Å². The summed E-state index contributed by atoms with van der Waals surface area (Å²) < 4.78 is 0. The van der Waals surface area contributed by atoms with Crippen LogP contribution in [0.15, 0.2) is 29.2 Å². The Balaban J connectivity index is 1.55. The molecule has 1 aromatic carbocycles. The van der Waals surface area contributed by atoms with Crippen molar-refractivity contribution in [1.82, 2.24) is 0 Å². The van der Waals surface area contributed by atoms with Crippen LogP contribution in [0.25, 0.3) is 0 Å². The van der Waals surface area contributed by atoms with Crippen LogP contribution in [0.1, 0.15) is 36.0 Å². The van der Waals surface area contributed by atoms with Gasteiger partial charge < -0.3 is 0 Å². The van der Waals surface area contributed by atoms with E-state index in [1.165, 1.54) is 36.3 Å². The van der Waals surface area contributed by atoms with Gasteiger partial charge in [0.05, 0.1) is 0 Å². The Morgan fingerprint density at radius 2 is 2.00 bits per heavy atom. The summed E-state index contributed by atoms with van der Waals surface area (Å²) in [6.45, 7) is 0. The number of thioether (sulfide) groups is 1. The highest BCUT2D eigenvalue weighted by Crippen LogP contribution is 2.49. The second kappa shape index (κ2) is 4.85. The van der Waals surface area contributed by atoms with E-state index in [0.717, 1.165) is 29.6 Å². The molecule has 3 unspecified atom stereocenters. The van der Waals surface area contributed by atoms with Crippen LogP contribution < -0.4 is 0 Å². The van der Waals surface area contributed by atoms with Crippen LogP contribution in [0.3, 0.4) is 0 Å². The zero-order chi connectivity index (χ0) is 11.7. The summed E-state index contributed by atoms with van der Waals surface area (Å²) in [5.41, 5.74) is 0.772. The molecule has 1 nitrogen and oxygen atoms in total. The predicted molar refractivity (Wildman–Crippen MR) is 71.5 cm³/mol. The number of rotatable bonds is 4. The van der Waals surface area contributed by atoms with Gasteiger partial charge in [-0.05, 0) is 49.1 Å². The first-order valence-corrected chi connectivity index (χ1v) is 7.52. The van der Waals surface area contributed by atoms with E-state index in [4.69, 9.17) is 0 Å². The van der Waals surface area contributed by atoms with Crippen LogP contribution >= 0.6 is 11.8 Å². The fourth-order valence-electron chi connectivity index (χ4n) is 3.43. The number of carbonyl (C=O) groups excluding carboxylic acids is 1. The lowest BCUT2D eigenvalue weighted by Gasteiger charge is -2.20. The van der Waals surface area contributed by atoms with Crippen molar-refractivity contribution in [2.45, 2.75) is 30.6 Å². The Bertz CT molecular complexity index is 398. The van der Waals surface area contributed by atoms with Crippen molar-refractivity contribution in [1.29, 1.82) is 0 Å². The molecule has 3 rings (SSSR count). The van der Waals surface area contributed by atoms with Crippen molar-refractivity contribution >= 4 is 18.0 Å². The molecule has 2 fully saturated rings. The quantitative estimate of drug-likeness (QED) is 0.589. The van der Waals surface area contributed by atoms with Crippen molar-refractivity contribution in [2.75, 3.05) is 5.75 Å². The number of aldehydes is 1. The minimum absolute atomic E-state index is 0.772. The maximum absolute atomic E-state index is 10.6. The summed E-state index contributed by atoms with van der Waals surface area (Å²) >= 11 is 1.96. The smallest absolute Gasteiger partial charge is 0.150 e. The summed E-state index contributed by atoms with van der Waals surface area (Å²) in [6.07, 6.45) is 6.82. The van der Waals surface area contributed by atoms with E-state index < -0.39 is 0 Å². The molecule has 2 saturated carbocycles. The summed E-state index contributed by atoms with van der Waals surface area (Å²) in [4.78, 5) is 11.9. The van der Waals surface area contributed by atoms with E-state index in [1.807, 2.05) is 23.9 Å². The van der Waals surface area contributed by atoms with Crippen LogP contribution in [0.4, 0.5) is 0 Å². The third-order valence-corrected chi connectivity index (χ3v) is 5.57. The van der Waals surface area contributed by atoms with Gasteiger partial charge in [0.2, 0.25) is 0 Å². The van der Waals surface area contributed by atoms with Gasteiger partial charge in [0.1, 0.15) is 6.29 Å². The topological polar surface area (TPSA) is 17.1 Å². The molecule has 90 valence electrons. The van der Waals surface area contributed by atoms with Crippen LogP contribution in [-0.2, 0) is 0 Å². The fraction of sp³-hybridized carbons (Fsp3) is 0.533. The van der Waals surface area contributed by atoms with Crippen LogP contribution in [0.5, 0.6) is 0 Å². The van der Waals surface area contributed by atoms with Gasteiger partial charge in [-0.25, -0.2) is 0 Å². The maximum Gasteiger partial charge on any atom is 0.150 e. The third-order valence-electron chi connectivity index (χ3n) is 4.36. The summed E-state index contributed by atoms with van der Waals surface area (Å²) in [7, 11) is 0. The molecule has 0 radical (unpaired) electrons. The van der Waals surface area contributed by atoms with E-state index >= 15 is 0 Å². The Morgan fingerprint density at radius 1 is 1.18 bits per heavy atom. The first-order valence-electron chi connectivity index (χ1n) is 6.53. The van der Waals surface area contributed by atoms with Gasteiger partial charge in [-0.2, -0.15) is 0 Å². The number of hydrogen-bond donors (Lipinski definition) is 0. The normalized spacial score (nSPS) is 30.7. The summed E-state index contributed by atoms with van der Waals surface area (Å²) in [5.74, 6) is 4.27. The predicted octanol–water partition coefficient (Wildman–Crippen LogP) is 4.03. The summed E-state index contributed by atoms with van der Waals surface area (Å²) in [6, 6.07) is 7.97. The molecule has 0 saturated heterocycles. The second-order valence-corrected chi connectivity index (χ2v) is 6.53. The van der Waals surface area contributed by atoms with Gasteiger partial charge in [0.15, 0.2) is 0 Å². The lowest BCUT2D eigenvalue weighted by atomic mass is 9.90. The number of hydrogen-bond acceptors (Lipinski definition) is 2. The Morgan fingerprint density at radius 3 is 2.59 bits per heavy atom. The fourth-order valence-corrected chi connectivity index (χ4v) is 4.57. The summed E-state index contributed by atoms with van der Waals surface area (Å²) in [5, 5.41) is 0. The highest BCUT2D eigenvalue weighted by molar-refractivity contribution is 7.99. The molecular formula is C15H18OS. The van der Waals surface area contributed by atoms with Crippen molar-refractivity contribution in [3.05, 3.63) is 29.8 Å². The highest BCUT2D eigenvalue weighted by atomic mass is 32.2. The monoisotopic (exact) mass is 246 g/mol. The first-order chi connectivity index (χ1) is 8.35. The van der Waals surface area contributed by atoms with E-state index in [-0.39, 0.29) is 0 Å². The molecule has 2 aliphatic rings. The minimum atomic E-state index is 0.772. The molecule has 0 aliphatic heterocycles. The van der Waals surface area contributed by atoms with Gasteiger partial charge in [0.25, 0.3) is 0 Å². The third kappa shape index (κ3) is 2.42. The van der Waals surface area contributed by atoms with Gasteiger partial charge in [-0.1, -0.05) is 18.6 Å². The molecule has 0 N–H and O–H groups in total. The van der Waals surface area contributed by atoms with E-state index in [9.17, 15) is 4.79 Å². The van der Waals surface area contributed by atoms with Crippen molar-refractivity contribution < 1.29 is 4.79 Å². The molecule has 2 heteroatoms. The van der Waals surface area contributed by atoms with Crippen molar-refractivity contribution in [3.63, 3.8) is 0 Å². The van der Waals surface area contributed by atoms with Crippen LogP contribution in [0.2, 0.25) is 0 Å². The number of fused-ring (bicyclic) bond motifs is 2. The standard InChI is InChI=1S/C15H18OS/c16-9-11-2-5-15(6-3-11)17-10-14-8-12-1-4-13(14)7-12/h2-3,5-6,9,12-14H,1,4,7-8,10H2. The Kier molecular flexibility index (Phi) is 3.24. The Labute approximate surface area is 107 Å². The van der Waals surface area contributed by atoms with E-state index in [0.29, 0.717) is 0 Å². The van der Waals surface area contributed by atoms with Gasteiger partial charge in [-0.15, -0.1) is 11.8 Å². The number of carbonyl (C=O) groups is 1. The van der Waals surface area contributed by atoms with Crippen molar-refractivity contribution in [3.8, 4) is 0 Å². The van der Waals surface area contributed by atoms with Crippen molar-refractivity contribution in [2.24, 2.45) is 17.8 Å². The largest absolute Gasteiger partial charge is 0.298 e. The molecule has 2 aliphatic carbocycles. The van der Waals surface area contributed by atoms with Gasteiger partial charge in [0, 0.05) is 16.2 Å². The number of benzene rings is 1. The molecule has 2 bridgehead atoms. The van der Waals surface area contributed by atoms with Crippen LogP contribution in [0, 0.1) is 17.8 Å². The lowest BCUT2D eigenvalue weighted by molar-refractivity contribution is 0.112. The highest BCUT2D eigenvalue weighted by Gasteiger charge is 2.38. The second-order valence-electron chi connectivity index (χ2n) is 5.43. The molecule has 0 amide bonds. The average molecular weight is 246 g/mol.